The molecule has 1 aromatic carbocycles. The number of ether oxygens (including phenoxy) is 1. The average Bonchev–Trinajstić information content (AvgIpc) is 2.38. The SMILES string of the molecule is CC(C)NC(=O)CNS(=O)(=O)CCOc1ccc(N)cc1. The third kappa shape index (κ3) is 7.52. The first-order chi connectivity index (χ1) is 9.78. The number of nitrogens with two attached hydrogens (primary N) is 1. The number of benzene rings is 1. The second-order valence-corrected chi connectivity index (χ2v) is 6.71. The number of carbonyl (C=O) groups is 1. The van der Waals surface area contributed by atoms with Crippen molar-refractivity contribution >= 4 is 21.6 Å². The average molecular weight is 315 g/mol. The largest absolute Gasteiger partial charge is 0.492 e. The van der Waals surface area contributed by atoms with Crippen LogP contribution < -0.4 is 20.5 Å². The van der Waals surface area contributed by atoms with Crippen LogP contribution in [-0.4, -0.2) is 39.3 Å². The number of carbonyl (C=O) groups excluding carboxylic acids is 1. The third-order valence-corrected chi connectivity index (χ3v) is 3.69. The standard InChI is InChI=1S/C13H21N3O4S/c1-10(2)16-13(17)9-15-21(18,19)8-7-20-12-5-3-11(14)4-6-12/h3-6,10,15H,7-9,14H2,1-2H3,(H,16,17). The first-order valence-electron chi connectivity index (χ1n) is 6.53. The summed E-state index contributed by atoms with van der Waals surface area (Å²) in [5, 5.41) is 2.59. The number of hydrogen-bond acceptors (Lipinski definition) is 5. The minimum Gasteiger partial charge on any atom is -0.492 e. The quantitative estimate of drug-likeness (QED) is 0.589. The van der Waals surface area contributed by atoms with E-state index in [4.69, 9.17) is 10.5 Å². The fourth-order valence-corrected chi connectivity index (χ4v) is 2.25. The van der Waals surface area contributed by atoms with E-state index >= 15 is 0 Å². The minimum absolute atomic E-state index is 0.00888. The molecule has 1 amide bonds. The van der Waals surface area contributed by atoms with Gasteiger partial charge in [-0.2, -0.15) is 0 Å². The van der Waals surface area contributed by atoms with Gasteiger partial charge in [-0.05, 0) is 38.1 Å². The van der Waals surface area contributed by atoms with E-state index in [1.54, 1.807) is 38.1 Å². The van der Waals surface area contributed by atoms with Crippen molar-refractivity contribution in [1.82, 2.24) is 10.0 Å². The topological polar surface area (TPSA) is 111 Å². The van der Waals surface area contributed by atoms with Gasteiger partial charge in [0.2, 0.25) is 15.9 Å². The molecule has 0 aromatic heterocycles. The Kier molecular flexibility index (Phi) is 6.44. The van der Waals surface area contributed by atoms with E-state index < -0.39 is 10.0 Å². The van der Waals surface area contributed by atoms with Gasteiger partial charge in [0.1, 0.15) is 12.4 Å². The highest BCUT2D eigenvalue weighted by atomic mass is 32.2. The van der Waals surface area contributed by atoms with Gasteiger partial charge in [-0.25, -0.2) is 13.1 Å². The summed E-state index contributed by atoms with van der Waals surface area (Å²) in [6, 6.07) is 6.61. The number of rotatable bonds is 8. The van der Waals surface area contributed by atoms with Gasteiger partial charge >= 0.3 is 0 Å². The normalized spacial score (nSPS) is 11.4. The molecule has 0 spiro atoms. The Morgan fingerprint density at radius 2 is 1.90 bits per heavy atom. The smallest absolute Gasteiger partial charge is 0.235 e. The van der Waals surface area contributed by atoms with Crippen LogP contribution in [0, 0.1) is 0 Å². The summed E-state index contributed by atoms with van der Waals surface area (Å²) >= 11 is 0. The molecule has 8 heteroatoms. The maximum absolute atomic E-state index is 11.7. The minimum atomic E-state index is -3.55. The lowest BCUT2D eigenvalue weighted by Gasteiger charge is -2.10. The lowest BCUT2D eigenvalue weighted by atomic mass is 10.3. The van der Waals surface area contributed by atoms with Crippen LogP contribution in [0.5, 0.6) is 5.75 Å². The van der Waals surface area contributed by atoms with E-state index in [1.165, 1.54) is 0 Å². The molecule has 0 aliphatic heterocycles. The molecular formula is C13H21N3O4S. The van der Waals surface area contributed by atoms with Gasteiger partial charge in [0.15, 0.2) is 0 Å². The van der Waals surface area contributed by atoms with Crippen molar-refractivity contribution in [2.45, 2.75) is 19.9 Å². The van der Waals surface area contributed by atoms with Crippen molar-refractivity contribution in [3.05, 3.63) is 24.3 Å². The predicted octanol–water partition coefficient (Wildman–Crippen LogP) is 0.0916. The van der Waals surface area contributed by atoms with Crippen LogP contribution in [0.25, 0.3) is 0 Å². The summed E-state index contributed by atoms with van der Waals surface area (Å²) in [4.78, 5) is 11.3. The molecule has 0 heterocycles. The molecule has 7 nitrogen and oxygen atoms in total. The van der Waals surface area contributed by atoms with Crippen LogP contribution in [0.4, 0.5) is 5.69 Å². The molecular weight excluding hydrogens is 294 g/mol. The first-order valence-corrected chi connectivity index (χ1v) is 8.19. The fourth-order valence-electron chi connectivity index (χ4n) is 1.45. The summed E-state index contributed by atoms with van der Waals surface area (Å²) in [7, 11) is -3.55. The molecule has 0 atom stereocenters. The van der Waals surface area contributed by atoms with Gasteiger partial charge in [-0.15, -0.1) is 0 Å². The zero-order valence-electron chi connectivity index (χ0n) is 12.1. The Morgan fingerprint density at radius 3 is 2.48 bits per heavy atom. The zero-order chi connectivity index (χ0) is 15.9. The molecule has 0 radical (unpaired) electrons. The van der Waals surface area contributed by atoms with E-state index in [0.29, 0.717) is 11.4 Å². The summed E-state index contributed by atoms with van der Waals surface area (Å²) < 4.78 is 30.9. The van der Waals surface area contributed by atoms with Gasteiger partial charge in [0.05, 0.1) is 12.3 Å². The van der Waals surface area contributed by atoms with Crippen LogP contribution >= 0.6 is 0 Å². The Bertz CT molecular complexity index is 555. The molecule has 21 heavy (non-hydrogen) atoms. The number of anilines is 1. The molecule has 4 N–H and O–H groups in total. The van der Waals surface area contributed by atoms with Gasteiger partial charge < -0.3 is 15.8 Å². The Labute approximate surface area is 124 Å². The summed E-state index contributed by atoms with van der Waals surface area (Å²) in [5.41, 5.74) is 6.13. The van der Waals surface area contributed by atoms with Gasteiger partial charge in [-0.1, -0.05) is 0 Å². The highest BCUT2D eigenvalue weighted by Crippen LogP contribution is 2.12. The Hall–Kier alpha value is -1.80. The molecule has 0 aliphatic carbocycles. The molecule has 0 aliphatic rings. The third-order valence-electron chi connectivity index (χ3n) is 2.40. The van der Waals surface area contributed by atoms with Crippen molar-refractivity contribution in [2.24, 2.45) is 0 Å². The Balaban J connectivity index is 2.32. The molecule has 0 fully saturated rings. The van der Waals surface area contributed by atoms with Crippen molar-refractivity contribution in [3.8, 4) is 5.75 Å². The number of hydrogen-bond donors (Lipinski definition) is 3. The first kappa shape index (κ1) is 17.3. The van der Waals surface area contributed by atoms with Gasteiger partial charge in [0, 0.05) is 11.7 Å². The van der Waals surface area contributed by atoms with Crippen molar-refractivity contribution in [1.29, 1.82) is 0 Å². The highest BCUT2D eigenvalue weighted by Gasteiger charge is 2.13. The summed E-state index contributed by atoms with van der Waals surface area (Å²) in [6.07, 6.45) is 0. The van der Waals surface area contributed by atoms with E-state index in [2.05, 4.69) is 10.0 Å². The van der Waals surface area contributed by atoms with Crippen molar-refractivity contribution in [2.75, 3.05) is 24.6 Å². The molecule has 0 bridgehead atoms. The molecule has 0 saturated carbocycles. The lowest BCUT2D eigenvalue weighted by Crippen LogP contribution is -2.41. The molecule has 1 rings (SSSR count). The highest BCUT2D eigenvalue weighted by molar-refractivity contribution is 7.89. The number of nitrogen functional groups attached to an aromatic ring is 1. The molecule has 1 aromatic rings. The van der Waals surface area contributed by atoms with Crippen molar-refractivity contribution in [3.63, 3.8) is 0 Å². The zero-order valence-corrected chi connectivity index (χ0v) is 12.9. The number of sulfonamides is 1. The second-order valence-electron chi connectivity index (χ2n) is 4.78. The molecule has 0 unspecified atom stereocenters. The fraction of sp³-hybridized carbons (Fsp3) is 0.462. The van der Waals surface area contributed by atoms with Crippen LogP contribution in [0.3, 0.4) is 0 Å². The van der Waals surface area contributed by atoms with E-state index in [1.807, 2.05) is 0 Å². The number of nitrogens with one attached hydrogen (secondary N) is 2. The monoisotopic (exact) mass is 315 g/mol. The second kappa shape index (κ2) is 7.84. The summed E-state index contributed by atoms with van der Waals surface area (Å²) in [5.74, 6) is -0.0585. The van der Waals surface area contributed by atoms with Crippen molar-refractivity contribution < 1.29 is 17.9 Å². The van der Waals surface area contributed by atoms with Crippen LogP contribution in [0.15, 0.2) is 24.3 Å². The maximum Gasteiger partial charge on any atom is 0.235 e. The number of amides is 1. The van der Waals surface area contributed by atoms with Crippen LogP contribution in [0.2, 0.25) is 0 Å². The van der Waals surface area contributed by atoms with Gasteiger partial charge in [0.25, 0.3) is 0 Å². The Morgan fingerprint density at radius 1 is 1.29 bits per heavy atom. The van der Waals surface area contributed by atoms with E-state index in [0.717, 1.165) is 0 Å². The lowest BCUT2D eigenvalue weighted by molar-refractivity contribution is -0.120. The molecule has 118 valence electrons. The summed E-state index contributed by atoms with van der Waals surface area (Å²) in [6.45, 7) is 3.31. The van der Waals surface area contributed by atoms with Crippen LogP contribution in [0.1, 0.15) is 13.8 Å². The molecule has 0 saturated heterocycles. The van der Waals surface area contributed by atoms with E-state index in [-0.39, 0.29) is 30.9 Å². The van der Waals surface area contributed by atoms with E-state index in [9.17, 15) is 13.2 Å². The van der Waals surface area contributed by atoms with Crippen LogP contribution in [-0.2, 0) is 14.8 Å². The predicted molar refractivity (Wildman–Crippen MR) is 81.4 cm³/mol. The van der Waals surface area contributed by atoms with Gasteiger partial charge in [-0.3, -0.25) is 4.79 Å². The maximum atomic E-state index is 11.7.